The minimum Gasteiger partial charge on any atom is -0.316 e. The van der Waals surface area contributed by atoms with Crippen molar-refractivity contribution in [3.8, 4) is 0 Å². The van der Waals surface area contributed by atoms with Crippen molar-refractivity contribution in [2.45, 2.75) is 44.9 Å². The molecule has 1 fully saturated rings. The lowest BCUT2D eigenvalue weighted by Gasteiger charge is -2.21. The Hall–Kier alpha value is -2.16. The van der Waals surface area contributed by atoms with Gasteiger partial charge in [0.15, 0.2) is 0 Å². The highest BCUT2D eigenvalue weighted by Gasteiger charge is 2.32. The first kappa shape index (κ1) is 17.7. The zero-order chi connectivity index (χ0) is 18.0. The van der Waals surface area contributed by atoms with Gasteiger partial charge in [0.25, 0.3) is 0 Å². The Morgan fingerprint density at radius 2 is 2.16 bits per heavy atom. The summed E-state index contributed by atoms with van der Waals surface area (Å²) in [6.07, 6.45) is -1.34. The fourth-order valence-electron chi connectivity index (χ4n) is 3.09. The Labute approximate surface area is 142 Å². The van der Waals surface area contributed by atoms with Crippen molar-refractivity contribution >= 4 is 0 Å². The third-order valence-corrected chi connectivity index (χ3v) is 4.38. The Morgan fingerprint density at radius 1 is 1.36 bits per heavy atom. The fourth-order valence-corrected chi connectivity index (χ4v) is 3.09. The fraction of sp³-hybridized carbons (Fsp3) is 0.562. The van der Waals surface area contributed by atoms with E-state index in [2.05, 4.69) is 15.4 Å². The zero-order valence-electron chi connectivity index (χ0n) is 13.9. The molecule has 0 radical (unpaired) electrons. The van der Waals surface area contributed by atoms with Crippen LogP contribution in [0, 0.1) is 0 Å². The number of hydrogen-bond acceptors (Lipinski definition) is 4. The predicted octanol–water partition coefficient (Wildman–Crippen LogP) is 1.99. The SMILES string of the molecule is CCn1c(C2CCCNC2)nn(Cc2ccc(C(F)(F)F)nc2)c1=O. The Balaban J connectivity index is 1.85. The monoisotopic (exact) mass is 355 g/mol. The van der Waals surface area contributed by atoms with Crippen LogP contribution in [-0.4, -0.2) is 32.4 Å². The molecule has 1 N–H and O–H groups in total. The van der Waals surface area contributed by atoms with Crippen LogP contribution in [-0.2, 0) is 19.3 Å². The van der Waals surface area contributed by atoms with Crippen LogP contribution in [0.2, 0.25) is 0 Å². The van der Waals surface area contributed by atoms with Gasteiger partial charge in [0, 0.05) is 25.2 Å². The van der Waals surface area contributed by atoms with E-state index < -0.39 is 11.9 Å². The van der Waals surface area contributed by atoms with Crippen molar-refractivity contribution in [3.63, 3.8) is 0 Å². The molecule has 1 aliphatic heterocycles. The smallest absolute Gasteiger partial charge is 0.316 e. The van der Waals surface area contributed by atoms with Crippen LogP contribution in [0.25, 0.3) is 0 Å². The summed E-state index contributed by atoms with van der Waals surface area (Å²) in [6, 6.07) is 2.25. The molecule has 0 aromatic carbocycles. The molecule has 6 nitrogen and oxygen atoms in total. The minimum absolute atomic E-state index is 0.101. The largest absolute Gasteiger partial charge is 0.433 e. The average Bonchev–Trinajstić information content (AvgIpc) is 2.91. The van der Waals surface area contributed by atoms with Gasteiger partial charge in [-0.05, 0) is 37.9 Å². The summed E-state index contributed by atoms with van der Waals surface area (Å²) in [7, 11) is 0. The molecule has 3 heterocycles. The molecule has 0 spiro atoms. The average molecular weight is 355 g/mol. The molecular weight excluding hydrogens is 335 g/mol. The molecule has 1 saturated heterocycles. The Kier molecular flexibility index (Phi) is 4.94. The zero-order valence-corrected chi connectivity index (χ0v) is 13.9. The van der Waals surface area contributed by atoms with Crippen molar-refractivity contribution in [2.75, 3.05) is 13.1 Å². The number of nitrogens with one attached hydrogen (secondary N) is 1. The van der Waals surface area contributed by atoms with E-state index in [-0.39, 0.29) is 18.2 Å². The van der Waals surface area contributed by atoms with Crippen molar-refractivity contribution in [1.82, 2.24) is 24.6 Å². The molecule has 0 bridgehead atoms. The molecule has 1 atom stereocenters. The maximum Gasteiger partial charge on any atom is 0.433 e. The number of rotatable bonds is 4. The van der Waals surface area contributed by atoms with Crippen LogP contribution in [0.4, 0.5) is 13.2 Å². The highest BCUT2D eigenvalue weighted by molar-refractivity contribution is 5.16. The molecule has 2 aromatic rings. The number of halogens is 3. The first-order valence-electron chi connectivity index (χ1n) is 8.30. The van der Waals surface area contributed by atoms with Gasteiger partial charge in [-0.25, -0.2) is 9.48 Å². The number of pyridine rings is 1. The summed E-state index contributed by atoms with van der Waals surface area (Å²) in [4.78, 5) is 16.0. The minimum atomic E-state index is -4.47. The van der Waals surface area contributed by atoms with Gasteiger partial charge < -0.3 is 5.32 Å². The molecular formula is C16H20F3N5O. The van der Waals surface area contributed by atoms with E-state index in [9.17, 15) is 18.0 Å². The molecule has 9 heteroatoms. The van der Waals surface area contributed by atoms with Gasteiger partial charge in [-0.15, -0.1) is 0 Å². The van der Waals surface area contributed by atoms with Crippen molar-refractivity contribution < 1.29 is 13.2 Å². The van der Waals surface area contributed by atoms with Crippen LogP contribution >= 0.6 is 0 Å². The number of aromatic nitrogens is 4. The van der Waals surface area contributed by atoms with Crippen molar-refractivity contribution in [3.05, 3.63) is 45.9 Å². The van der Waals surface area contributed by atoms with Crippen molar-refractivity contribution in [2.24, 2.45) is 0 Å². The number of piperidine rings is 1. The Morgan fingerprint density at radius 3 is 2.72 bits per heavy atom. The van der Waals surface area contributed by atoms with Crippen LogP contribution in [0.15, 0.2) is 23.1 Å². The van der Waals surface area contributed by atoms with Crippen LogP contribution in [0.3, 0.4) is 0 Å². The molecule has 0 saturated carbocycles. The molecule has 1 aliphatic rings. The molecule has 25 heavy (non-hydrogen) atoms. The molecule has 0 amide bonds. The predicted molar refractivity (Wildman–Crippen MR) is 85.3 cm³/mol. The lowest BCUT2D eigenvalue weighted by molar-refractivity contribution is -0.141. The third kappa shape index (κ3) is 3.76. The second kappa shape index (κ2) is 6.99. The molecule has 0 aliphatic carbocycles. The second-order valence-corrected chi connectivity index (χ2v) is 6.14. The normalized spacial score (nSPS) is 18.5. The number of alkyl halides is 3. The van der Waals surface area contributed by atoms with E-state index in [1.165, 1.54) is 10.7 Å². The topological polar surface area (TPSA) is 64.7 Å². The third-order valence-electron chi connectivity index (χ3n) is 4.38. The lowest BCUT2D eigenvalue weighted by Crippen LogP contribution is -2.31. The van der Waals surface area contributed by atoms with Crippen molar-refractivity contribution in [1.29, 1.82) is 0 Å². The molecule has 136 valence electrons. The quantitative estimate of drug-likeness (QED) is 0.911. The van der Waals surface area contributed by atoms with Gasteiger partial charge in [-0.3, -0.25) is 9.55 Å². The van der Waals surface area contributed by atoms with E-state index >= 15 is 0 Å². The van der Waals surface area contributed by atoms with Gasteiger partial charge in [0.1, 0.15) is 11.5 Å². The maximum absolute atomic E-state index is 12.6. The second-order valence-electron chi connectivity index (χ2n) is 6.14. The standard InChI is InChI=1S/C16H20F3N5O/c1-2-23-14(12-4-3-7-20-9-12)22-24(15(23)25)10-11-5-6-13(21-8-11)16(17,18)19/h5-6,8,12,20H,2-4,7,9-10H2,1H3. The van der Waals surface area contributed by atoms with Gasteiger partial charge in [-0.2, -0.15) is 18.3 Å². The molecule has 2 aromatic heterocycles. The number of hydrogen-bond donors (Lipinski definition) is 1. The first-order chi connectivity index (χ1) is 11.9. The van der Waals surface area contributed by atoms with Crippen LogP contribution in [0.1, 0.15) is 42.8 Å². The summed E-state index contributed by atoms with van der Waals surface area (Å²) in [6.45, 7) is 4.23. The van der Waals surface area contributed by atoms with Gasteiger partial charge >= 0.3 is 11.9 Å². The first-order valence-corrected chi connectivity index (χ1v) is 8.30. The highest BCUT2D eigenvalue weighted by Crippen LogP contribution is 2.27. The van der Waals surface area contributed by atoms with Gasteiger partial charge in [-0.1, -0.05) is 6.07 Å². The Bertz CT molecular complexity index is 773. The number of nitrogens with zero attached hydrogens (tertiary/aromatic N) is 4. The van der Waals surface area contributed by atoms with Crippen LogP contribution in [0.5, 0.6) is 0 Å². The molecule has 1 unspecified atom stereocenters. The summed E-state index contributed by atoms with van der Waals surface area (Å²) < 4.78 is 40.7. The van der Waals surface area contributed by atoms with E-state index in [1.54, 1.807) is 4.57 Å². The van der Waals surface area contributed by atoms with Gasteiger partial charge in [0.2, 0.25) is 0 Å². The van der Waals surface area contributed by atoms with E-state index in [0.29, 0.717) is 12.1 Å². The summed E-state index contributed by atoms with van der Waals surface area (Å²) >= 11 is 0. The van der Waals surface area contributed by atoms with E-state index in [4.69, 9.17) is 0 Å². The highest BCUT2D eigenvalue weighted by atomic mass is 19.4. The summed E-state index contributed by atoms with van der Waals surface area (Å²) in [5.74, 6) is 0.910. The maximum atomic E-state index is 12.6. The molecule has 3 rings (SSSR count). The van der Waals surface area contributed by atoms with Crippen LogP contribution < -0.4 is 11.0 Å². The summed E-state index contributed by atoms with van der Waals surface area (Å²) in [5.41, 5.74) is -0.691. The van der Waals surface area contributed by atoms with Gasteiger partial charge in [0.05, 0.1) is 6.54 Å². The van der Waals surface area contributed by atoms with E-state index in [0.717, 1.165) is 44.0 Å². The lowest BCUT2D eigenvalue weighted by atomic mass is 9.99. The van der Waals surface area contributed by atoms with E-state index in [1.807, 2.05) is 6.92 Å². The summed E-state index contributed by atoms with van der Waals surface area (Å²) in [5, 5.41) is 7.75.